The van der Waals surface area contributed by atoms with Gasteiger partial charge in [-0.15, -0.1) is 11.8 Å². The molecule has 1 N–H and O–H groups in total. The summed E-state index contributed by atoms with van der Waals surface area (Å²) in [5.74, 6) is 0.673. The molecular weight excluding hydrogens is 285 g/mol. The van der Waals surface area contributed by atoms with Crippen molar-refractivity contribution in [2.45, 2.75) is 37.8 Å². The van der Waals surface area contributed by atoms with Crippen LogP contribution in [-0.2, 0) is 6.54 Å². The highest BCUT2D eigenvalue weighted by atomic mass is 32.2. The van der Waals surface area contributed by atoms with E-state index >= 15 is 0 Å². The molecule has 0 saturated heterocycles. The van der Waals surface area contributed by atoms with Gasteiger partial charge in [0, 0.05) is 23.4 Å². The van der Waals surface area contributed by atoms with Crippen LogP contribution in [0.25, 0.3) is 0 Å². The average Bonchev–Trinajstić information content (AvgIpc) is 2.96. The molecule has 0 aliphatic carbocycles. The second-order valence-corrected chi connectivity index (χ2v) is 5.94. The Morgan fingerprint density at radius 1 is 1.33 bits per heavy atom. The molecule has 1 heterocycles. The Kier molecular flexibility index (Phi) is 6.26. The van der Waals surface area contributed by atoms with E-state index in [1.54, 1.807) is 23.9 Å². The van der Waals surface area contributed by atoms with Crippen molar-refractivity contribution in [2.75, 3.05) is 12.3 Å². The Labute approximate surface area is 129 Å². The Balaban J connectivity index is 2.06. The minimum atomic E-state index is -0.184. The zero-order chi connectivity index (χ0) is 15.1. The van der Waals surface area contributed by atoms with Crippen LogP contribution < -0.4 is 5.32 Å². The standard InChI is InChI=1S/C16H22FN3S/c1-3-9-18-15(16-8-10-19-20(16)4-2)12-21-14-7-5-6-13(17)11-14/h5-8,10-11,15,18H,3-4,9,12H2,1-2H3. The van der Waals surface area contributed by atoms with E-state index in [1.807, 2.05) is 16.9 Å². The average molecular weight is 307 g/mol. The summed E-state index contributed by atoms with van der Waals surface area (Å²) in [5.41, 5.74) is 1.19. The summed E-state index contributed by atoms with van der Waals surface area (Å²) in [6, 6.07) is 9.04. The molecule has 0 fully saturated rings. The molecule has 3 nitrogen and oxygen atoms in total. The summed E-state index contributed by atoms with van der Waals surface area (Å²) < 4.78 is 15.3. The molecule has 0 saturated carbocycles. The van der Waals surface area contributed by atoms with E-state index in [-0.39, 0.29) is 11.9 Å². The molecule has 1 aromatic carbocycles. The lowest BCUT2D eigenvalue weighted by molar-refractivity contribution is 0.514. The number of halogens is 1. The maximum atomic E-state index is 13.2. The number of nitrogens with zero attached hydrogens (tertiary/aromatic N) is 2. The van der Waals surface area contributed by atoms with Crippen LogP contribution in [0.4, 0.5) is 4.39 Å². The molecule has 0 radical (unpaired) electrons. The fourth-order valence-corrected chi connectivity index (χ4v) is 3.23. The zero-order valence-electron chi connectivity index (χ0n) is 12.6. The van der Waals surface area contributed by atoms with E-state index in [2.05, 4.69) is 30.3 Å². The van der Waals surface area contributed by atoms with Crippen molar-refractivity contribution < 1.29 is 4.39 Å². The Hall–Kier alpha value is -1.33. The summed E-state index contributed by atoms with van der Waals surface area (Å²) in [5, 5.41) is 7.90. The maximum absolute atomic E-state index is 13.2. The van der Waals surface area contributed by atoms with Crippen molar-refractivity contribution in [2.24, 2.45) is 0 Å². The lowest BCUT2D eigenvalue weighted by Gasteiger charge is -2.19. The third-order valence-electron chi connectivity index (χ3n) is 3.26. The third kappa shape index (κ3) is 4.58. The molecule has 0 spiro atoms. The largest absolute Gasteiger partial charge is 0.308 e. The van der Waals surface area contributed by atoms with Crippen molar-refractivity contribution in [1.82, 2.24) is 15.1 Å². The first kappa shape index (κ1) is 16.0. The quantitative estimate of drug-likeness (QED) is 0.751. The zero-order valence-corrected chi connectivity index (χ0v) is 13.4. The predicted molar refractivity (Wildman–Crippen MR) is 86.1 cm³/mol. The molecule has 0 aliphatic heterocycles. The molecule has 2 rings (SSSR count). The van der Waals surface area contributed by atoms with Gasteiger partial charge < -0.3 is 5.32 Å². The highest BCUT2D eigenvalue weighted by molar-refractivity contribution is 7.99. The highest BCUT2D eigenvalue weighted by Crippen LogP contribution is 2.25. The first-order valence-electron chi connectivity index (χ1n) is 7.38. The van der Waals surface area contributed by atoms with Gasteiger partial charge in [0.05, 0.1) is 11.7 Å². The van der Waals surface area contributed by atoms with Crippen molar-refractivity contribution in [3.05, 3.63) is 48.0 Å². The molecule has 1 aromatic heterocycles. The van der Waals surface area contributed by atoms with E-state index in [0.717, 1.165) is 30.2 Å². The predicted octanol–water partition coefficient (Wildman–Crippen LogP) is 3.88. The van der Waals surface area contributed by atoms with Gasteiger partial charge in [-0.3, -0.25) is 4.68 Å². The summed E-state index contributed by atoms with van der Waals surface area (Å²) in [7, 11) is 0. The first-order valence-corrected chi connectivity index (χ1v) is 8.36. The van der Waals surface area contributed by atoms with E-state index in [1.165, 1.54) is 11.8 Å². The Morgan fingerprint density at radius 2 is 2.19 bits per heavy atom. The van der Waals surface area contributed by atoms with Gasteiger partial charge >= 0.3 is 0 Å². The minimum absolute atomic E-state index is 0.184. The van der Waals surface area contributed by atoms with Crippen LogP contribution in [0, 0.1) is 5.82 Å². The summed E-state index contributed by atoms with van der Waals surface area (Å²) in [6.07, 6.45) is 2.92. The lowest BCUT2D eigenvalue weighted by atomic mass is 10.2. The Morgan fingerprint density at radius 3 is 2.90 bits per heavy atom. The number of aryl methyl sites for hydroxylation is 1. The van der Waals surface area contributed by atoms with Crippen LogP contribution in [0.3, 0.4) is 0 Å². The number of hydrogen-bond acceptors (Lipinski definition) is 3. The van der Waals surface area contributed by atoms with Crippen LogP contribution >= 0.6 is 11.8 Å². The monoisotopic (exact) mass is 307 g/mol. The van der Waals surface area contributed by atoms with Gasteiger partial charge in [-0.2, -0.15) is 5.10 Å². The summed E-state index contributed by atoms with van der Waals surface area (Å²) in [4.78, 5) is 0.959. The third-order valence-corrected chi connectivity index (χ3v) is 4.35. The number of nitrogens with one attached hydrogen (secondary N) is 1. The van der Waals surface area contributed by atoms with Crippen LogP contribution in [0.2, 0.25) is 0 Å². The molecule has 0 bridgehead atoms. The van der Waals surface area contributed by atoms with Gasteiger partial charge in [0.15, 0.2) is 0 Å². The Bertz CT molecular complexity index is 556. The number of rotatable bonds is 8. The minimum Gasteiger partial charge on any atom is -0.308 e. The number of aromatic nitrogens is 2. The molecule has 114 valence electrons. The van der Waals surface area contributed by atoms with Gasteiger partial charge in [0.25, 0.3) is 0 Å². The second kappa shape index (κ2) is 8.20. The van der Waals surface area contributed by atoms with E-state index in [4.69, 9.17) is 0 Å². The van der Waals surface area contributed by atoms with Crippen molar-refractivity contribution in [3.8, 4) is 0 Å². The van der Waals surface area contributed by atoms with Crippen molar-refractivity contribution in [3.63, 3.8) is 0 Å². The van der Waals surface area contributed by atoms with Gasteiger partial charge in [0.1, 0.15) is 5.82 Å². The van der Waals surface area contributed by atoms with Crippen LogP contribution in [0.5, 0.6) is 0 Å². The van der Waals surface area contributed by atoms with E-state index in [9.17, 15) is 4.39 Å². The topological polar surface area (TPSA) is 29.9 Å². The maximum Gasteiger partial charge on any atom is 0.124 e. The molecule has 2 aromatic rings. The number of thioether (sulfide) groups is 1. The van der Waals surface area contributed by atoms with E-state index < -0.39 is 0 Å². The van der Waals surface area contributed by atoms with Crippen LogP contribution in [0.1, 0.15) is 32.0 Å². The lowest BCUT2D eigenvalue weighted by Crippen LogP contribution is -2.26. The van der Waals surface area contributed by atoms with Crippen LogP contribution in [-0.4, -0.2) is 22.1 Å². The molecule has 5 heteroatoms. The first-order chi connectivity index (χ1) is 10.2. The van der Waals surface area contributed by atoms with Gasteiger partial charge in [0.2, 0.25) is 0 Å². The van der Waals surface area contributed by atoms with Gasteiger partial charge in [-0.25, -0.2) is 4.39 Å². The molecule has 0 amide bonds. The molecule has 21 heavy (non-hydrogen) atoms. The van der Waals surface area contributed by atoms with E-state index in [0.29, 0.717) is 0 Å². The van der Waals surface area contributed by atoms with Gasteiger partial charge in [-0.05, 0) is 44.2 Å². The molecule has 1 unspecified atom stereocenters. The normalized spacial score (nSPS) is 12.5. The van der Waals surface area contributed by atoms with Gasteiger partial charge in [-0.1, -0.05) is 13.0 Å². The fraction of sp³-hybridized carbons (Fsp3) is 0.438. The van der Waals surface area contributed by atoms with Crippen LogP contribution in [0.15, 0.2) is 41.4 Å². The SMILES string of the molecule is CCCNC(CSc1cccc(F)c1)c1ccnn1CC. The smallest absolute Gasteiger partial charge is 0.124 e. The van der Waals surface area contributed by atoms with Crippen molar-refractivity contribution in [1.29, 1.82) is 0 Å². The fourth-order valence-electron chi connectivity index (χ4n) is 2.21. The number of benzene rings is 1. The number of hydrogen-bond donors (Lipinski definition) is 1. The second-order valence-electron chi connectivity index (χ2n) is 4.85. The molecule has 0 aliphatic rings. The summed E-state index contributed by atoms with van der Waals surface area (Å²) in [6.45, 7) is 6.06. The van der Waals surface area contributed by atoms with Crippen molar-refractivity contribution >= 4 is 11.8 Å². The summed E-state index contributed by atoms with van der Waals surface area (Å²) >= 11 is 1.67. The molecular formula is C16H22FN3S. The highest BCUT2D eigenvalue weighted by Gasteiger charge is 2.15. The molecule has 1 atom stereocenters.